The van der Waals surface area contributed by atoms with Crippen LogP contribution in [0.4, 0.5) is 17.8 Å². The fraction of sp³-hybridized carbons (Fsp3) is 0.769. The van der Waals surface area contributed by atoms with E-state index in [0.717, 1.165) is 44.3 Å². The zero-order valence-electron chi connectivity index (χ0n) is 13.0. The Hall–Kier alpha value is -1.28. The van der Waals surface area contributed by atoms with Gasteiger partial charge in [-0.3, -0.25) is 5.43 Å². The Kier molecular flexibility index (Phi) is 5.86. The summed E-state index contributed by atoms with van der Waals surface area (Å²) in [6.07, 6.45) is 1.16. The fourth-order valence-corrected chi connectivity index (χ4v) is 3.54. The van der Waals surface area contributed by atoms with Crippen LogP contribution in [0.5, 0.6) is 0 Å². The third-order valence-electron chi connectivity index (χ3n) is 3.66. The molecule has 3 N–H and O–H groups in total. The molecule has 1 fully saturated rings. The largest absolute Gasteiger partial charge is 0.341 e. The van der Waals surface area contributed by atoms with Gasteiger partial charge >= 0.3 is 0 Å². The van der Waals surface area contributed by atoms with Gasteiger partial charge in [-0.25, -0.2) is 5.84 Å². The van der Waals surface area contributed by atoms with Gasteiger partial charge in [-0.1, -0.05) is 6.92 Å². The summed E-state index contributed by atoms with van der Waals surface area (Å²) in [4.78, 5) is 17.8. The normalized spacial score (nSPS) is 18.7. The van der Waals surface area contributed by atoms with Crippen molar-refractivity contribution in [3.63, 3.8) is 0 Å². The fourth-order valence-electron chi connectivity index (χ4n) is 2.36. The van der Waals surface area contributed by atoms with Crippen LogP contribution in [0.15, 0.2) is 0 Å². The van der Waals surface area contributed by atoms with Gasteiger partial charge in [0.2, 0.25) is 17.8 Å². The van der Waals surface area contributed by atoms with E-state index in [1.807, 2.05) is 11.8 Å². The highest BCUT2D eigenvalue weighted by Gasteiger charge is 2.22. The maximum Gasteiger partial charge on any atom is 0.243 e. The Morgan fingerprint density at radius 3 is 2.67 bits per heavy atom. The monoisotopic (exact) mass is 311 g/mol. The molecule has 0 radical (unpaired) electrons. The SMILES string of the molecule is CCC1CN(c2nc(NN)nc(N(CC)CC)n2)CCS1. The zero-order chi connectivity index (χ0) is 15.2. The van der Waals surface area contributed by atoms with Crippen LogP contribution in [0.1, 0.15) is 27.2 Å². The number of nitrogen functional groups attached to an aromatic ring is 1. The van der Waals surface area contributed by atoms with Crippen molar-refractivity contribution in [1.82, 2.24) is 15.0 Å². The van der Waals surface area contributed by atoms with E-state index in [1.165, 1.54) is 0 Å². The second-order valence-corrected chi connectivity index (χ2v) is 6.33. The summed E-state index contributed by atoms with van der Waals surface area (Å²) < 4.78 is 0. The van der Waals surface area contributed by atoms with Crippen LogP contribution in [0.25, 0.3) is 0 Å². The van der Waals surface area contributed by atoms with Crippen LogP contribution in [-0.4, -0.2) is 52.1 Å². The summed E-state index contributed by atoms with van der Waals surface area (Å²) >= 11 is 2.03. The predicted molar refractivity (Wildman–Crippen MR) is 89.9 cm³/mol. The van der Waals surface area contributed by atoms with E-state index in [0.29, 0.717) is 17.1 Å². The van der Waals surface area contributed by atoms with Crippen LogP contribution < -0.4 is 21.1 Å². The van der Waals surface area contributed by atoms with Gasteiger partial charge in [-0.15, -0.1) is 0 Å². The van der Waals surface area contributed by atoms with Crippen LogP contribution in [0.3, 0.4) is 0 Å². The molecule has 0 bridgehead atoms. The van der Waals surface area contributed by atoms with Crippen molar-refractivity contribution in [2.75, 3.05) is 47.2 Å². The highest BCUT2D eigenvalue weighted by molar-refractivity contribution is 8.00. The zero-order valence-corrected chi connectivity index (χ0v) is 13.9. The molecule has 0 amide bonds. The molecule has 1 aliphatic heterocycles. The summed E-state index contributed by atoms with van der Waals surface area (Å²) in [6, 6.07) is 0. The first kappa shape index (κ1) is 16.1. The van der Waals surface area contributed by atoms with E-state index < -0.39 is 0 Å². The molecule has 0 saturated carbocycles. The number of nitrogens with two attached hydrogens (primary N) is 1. The van der Waals surface area contributed by atoms with Crippen molar-refractivity contribution in [2.24, 2.45) is 5.84 Å². The molecule has 7 nitrogen and oxygen atoms in total. The lowest BCUT2D eigenvalue weighted by Gasteiger charge is -2.32. The Morgan fingerprint density at radius 1 is 1.29 bits per heavy atom. The van der Waals surface area contributed by atoms with Gasteiger partial charge in [0.15, 0.2) is 0 Å². The molecule has 1 aliphatic rings. The molecule has 1 atom stereocenters. The van der Waals surface area contributed by atoms with Crippen molar-refractivity contribution < 1.29 is 0 Å². The van der Waals surface area contributed by atoms with E-state index in [2.05, 4.69) is 50.9 Å². The molecule has 0 aliphatic carbocycles. The van der Waals surface area contributed by atoms with Gasteiger partial charge < -0.3 is 9.80 Å². The lowest BCUT2D eigenvalue weighted by atomic mass is 10.3. The van der Waals surface area contributed by atoms with Gasteiger partial charge in [0.25, 0.3) is 0 Å². The van der Waals surface area contributed by atoms with Gasteiger partial charge in [0.05, 0.1) is 0 Å². The molecule has 1 aromatic heterocycles. The van der Waals surface area contributed by atoms with Crippen molar-refractivity contribution in [3.05, 3.63) is 0 Å². The number of thioether (sulfide) groups is 1. The number of rotatable bonds is 6. The van der Waals surface area contributed by atoms with E-state index in [9.17, 15) is 0 Å². The molecular formula is C13H25N7S. The molecule has 8 heteroatoms. The molecule has 1 saturated heterocycles. The molecule has 0 aromatic carbocycles. The molecule has 0 spiro atoms. The molecule has 2 rings (SSSR count). The third kappa shape index (κ3) is 3.88. The van der Waals surface area contributed by atoms with Crippen LogP contribution in [0.2, 0.25) is 0 Å². The summed E-state index contributed by atoms with van der Waals surface area (Å²) in [7, 11) is 0. The Labute approximate surface area is 130 Å². The Bertz CT molecular complexity index is 452. The van der Waals surface area contributed by atoms with Gasteiger partial charge in [0, 0.05) is 37.2 Å². The summed E-state index contributed by atoms with van der Waals surface area (Å²) in [6.45, 7) is 10.1. The minimum absolute atomic E-state index is 0.424. The summed E-state index contributed by atoms with van der Waals surface area (Å²) in [5, 5.41) is 0.640. The van der Waals surface area contributed by atoms with Crippen LogP contribution in [0, 0.1) is 0 Å². The van der Waals surface area contributed by atoms with E-state index >= 15 is 0 Å². The maximum absolute atomic E-state index is 5.51. The highest BCUT2D eigenvalue weighted by Crippen LogP contribution is 2.25. The van der Waals surface area contributed by atoms with Gasteiger partial charge in [0.1, 0.15) is 0 Å². The molecular weight excluding hydrogens is 286 g/mol. The van der Waals surface area contributed by atoms with E-state index in [-0.39, 0.29) is 0 Å². The first-order valence-corrected chi connectivity index (χ1v) is 8.60. The van der Waals surface area contributed by atoms with Gasteiger partial charge in [-0.2, -0.15) is 26.7 Å². The molecule has 118 valence electrons. The summed E-state index contributed by atoms with van der Waals surface area (Å²) in [5.41, 5.74) is 2.55. The molecule has 2 heterocycles. The Balaban J connectivity index is 2.27. The van der Waals surface area contributed by atoms with E-state index in [4.69, 9.17) is 5.84 Å². The lowest BCUT2D eigenvalue weighted by molar-refractivity contribution is 0.703. The van der Waals surface area contributed by atoms with Crippen LogP contribution >= 0.6 is 11.8 Å². The third-order valence-corrected chi connectivity index (χ3v) is 5.04. The first-order chi connectivity index (χ1) is 10.2. The van der Waals surface area contributed by atoms with Crippen molar-refractivity contribution >= 4 is 29.6 Å². The number of hydrazine groups is 1. The lowest BCUT2D eigenvalue weighted by Crippen LogP contribution is -2.39. The number of hydrogen-bond acceptors (Lipinski definition) is 8. The maximum atomic E-state index is 5.51. The second kappa shape index (κ2) is 7.65. The highest BCUT2D eigenvalue weighted by atomic mass is 32.2. The molecule has 21 heavy (non-hydrogen) atoms. The summed E-state index contributed by atoms with van der Waals surface area (Å²) in [5.74, 6) is 8.45. The number of hydrogen-bond donors (Lipinski definition) is 2. The Morgan fingerprint density at radius 2 is 2.05 bits per heavy atom. The van der Waals surface area contributed by atoms with Crippen molar-refractivity contribution in [3.8, 4) is 0 Å². The molecule has 1 unspecified atom stereocenters. The standard InChI is InChI=1S/C13H25N7S/c1-4-10-9-20(7-8-21-10)13-16-11(18-14)15-12(17-13)19(5-2)6-3/h10H,4-9,14H2,1-3H3,(H,15,16,17,18). The quantitative estimate of drug-likeness (QED) is 0.601. The second-order valence-electron chi connectivity index (χ2n) is 4.92. The average molecular weight is 311 g/mol. The van der Waals surface area contributed by atoms with Gasteiger partial charge in [-0.05, 0) is 20.3 Å². The minimum Gasteiger partial charge on any atom is -0.341 e. The number of aromatic nitrogens is 3. The molecule has 1 aromatic rings. The van der Waals surface area contributed by atoms with Crippen molar-refractivity contribution in [1.29, 1.82) is 0 Å². The van der Waals surface area contributed by atoms with Crippen LogP contribution in [-0.2, 0) is 0 Å². The van der Waals surface area contributed by atoms with E-state index in [1.54, 1.807) is 0 Å². The number of nitrogens with zero attached hydrogens (tertiary/aromatic N) is 5. The minimum atomic E-state index is 0.424. The predicted octanol–water partition coefficient (Wildman–Crippen LogP) is 1.34. The average Bonchev–Trinajstić information content (AvgIpc) is 2.55. The first-order valence-electron chi connectivity index (χ1n) is 7.55. The topological polar surface area (TPSA) is 83.2 Å². The smallest absolute Gasteiger partial charge is 0.243 e. The number of nitrogens with one attached hydrogen (secondary N) is 1. The van der Waals surface area contributed by atoms with Crippen molar-refractivity contribution in [2.45, 2.75) is 32.4 Å². The number of anilines is 3.